The first-order valence-corrected chi connectivity index (χ1v) is 13.5. The Kier molecular flexibility index (Phi) is 5.08. The molecule has 3 nitrogen and oxygen atoms in total. The number of hydrogen-bond donors (Lipinski definition) is 2. The third-order valence-electron chi connectivity index (χ3n) is 12.4. The van der Waals surface area contributed by atoms with Crippen molar-refractivity contribution in [1.29, 1.82) is 0 Å². The molecule has 0 aliphatic heterocycles. The van der Waals surface area contributed by atoms with Crippen molar-refractivity contribution in [3.05, 3.63) is 11.6 Å². The molecule has 4 fully saturated rings. The predicted molar refractivity (Wildman–Crippen MR) is 128 cm³/mol. The molecule has 180 valence electrons. The molecule has 2 N–H and O–H groups in total. The molecule has 5 aliphatic carbocycles. The summed E-state index contributed by atoms with van der Waals surface area (Å²) in [5.41, 5.74) is 2.09. The first-order valence-electron chi connectivity index (χ1n) is 13.5. The molecule has 0 spiro atoms. The van der Waals surface area contributed by atoms with E-state index in [1.54, 1.807) is 0 Å². The SMILES string of the molecule is CC1CCC2(C)CCC3(C)C(=CCC4C3CCC3C(C)(C)C(O)CCC43C)C2C1C(=O)O. The second-order valence-electron chi connectivity index (χ2n) is 14.0. The Bertz CT molecular complexity index is 828. The highest BCUT2D eigenvalue weighted by Crippen LogP contribution is 2.71. The van der Waals surface area contributed by atoms with E-state index in [2.05, 4.69) is 47.6 Å². The number of aliphatic hydroxyl groups is 1. The van der Waals surface area contributed by atoms with Gasteiger partial charge in [0, 0.05) is 0 Å². The minimum Gasteiger partial charge on any atom is -0.481 e. The minimum absolute atomic E-state index is 0.0127. The molecule has 0 aromatic rings. The van der Waals surface area contributed by atoms with Crippen LogP contribution >= 0.6 is 0 Å². The molecule has 4 saturated carbocycles. The van der Waals surface area contributed by atoms with Gasteiger partial charge in [-0.25, -0.2) is 0 Å². The number of allylic oxidation sites excluding steroid dienone is 2. The predicted octanol–water partition coefficient (Wildman–Crippen LogP) is 6.70. The summed E-state index contributed by atoms with van der Waals surface area (Å²) in [7, 11) is 0. The van der Waals surface area contributed by atoms with Gasteiger partial charge < -0.3 is 10.2 Å². The molecule has 3 heteroatoms. The molecule has 0 radical (unpaired) electrons. The highest BCUT2D eigenvalue weighted by molar-refractivity contribution is 5.72. The lowest BCUT2D eigenvalue weighted by Crippen LogP contribution is -2.61. The highest BCUT2D eigenvalue weighted by atomic mass is 16.4. The second-order valence-corrected chi connectivity index (χ2v) is 14.0. The van der Waals surface area contributed by atoms with Gasteiger partial charge >= 0.3 is 5.97 Å². The van der Waals surface area contributed by atoms with Crippen molar-refractivity contribution in [3.8, 4) is 0 Å². The van der Waals surface area contributed by atoms with Gasteiger partial charge in [0.25, 0.3) is 0 Å². The van der Waals surface area contributed by atoms with E-state index in [0.717, 1.165) is 25.7 Å². The number of aliphatic hydroxyl groups excluding tert-OH is 1. The van der Waals surface area contributed by atoms with E-state index in [0.29, 0.717) is 17.8 Å². The van der Waals surface area contributed by atoms with Gasteiger partial charge in [-0.3, -0.25) is 4.79 Å². The van der Waals surface area contributed by atoms with Gasteiger partial charge in [0.15, 0.2) is 0 Å². The summed E-state index contributed by atoms with van der Waals surface area (Å²) < 4.78 is 0. The molecular formula is C29H46O3. The van der Waals surface area contributed by atoms with Crippen LogP contribution in [0.3, 0.4) is 0 Å². The van der Waals surface area contributed by atoms with E-state index in [1.807, 2.05) is 0 Å². The topological polar surface area (TPSA) is 57.5 Å². The van der Waals surface area contributed by atoms with Crippen LogP contribution in [-0.2, 0) is 4.79 Å². The largest absolute Gasteiger partial charge is 0.481 e. The van der Waals surface area contributed by atoms with Crippen molar-refractivity contribution in [1.82, 2.24) is 0 Å². The number of hydrogen-bond acceptors (Lipinski definition) is 2. The highest BCUT2D eigenvalue weighted by Gasteiger charge is 2.64. The van der Waals surface area contributed by atoms with Crippen molar-refractivity contribution in [2.24, 2.45) is 57.2 Å². The van der Waals surface area contributed by atoms with E-state index in [-0.39, 0.29) is 45.5 Å². The van der Waals surface area contributed by atoms with Crippen LogP contribution in [0.5, 0.6) is 0 Å². The van der Waals surface area contributed by atoms with Gasteiger partial charge in [0.1, 0.15) is 0 Å². The van der Waals surface area contributed by atoms with Crippen LogP contribution in [0.15, 0.2) is 11.6 Å². The van der Waals surface area contributed by atoms with E-state index in [1.165, 1.54) is 37.7 Å². The maximum absolute atomic E-state index is 12.5. The van der Waals surface area contributed by atoms with E-state index in [9.17, 15) is 15.0 Å². The van der Waals surface area contributed by atoms with E-state index >= 15 is 0 Å². The third kappa shape index (κ3) is 2.85. The zero-order valence-electron chi connectivity index (χ0n) is 21.3. The third-order valence-corrected chi connectivity index (χ3v) is 12.4. The maximum Gasteiger partial charge on any atom is 0.307 e. The lowest BCUT2D eigenvalue weighted by atomic mass is 9.37. The Morgan fingerprint density at radius 2 is 1.66 bits per heavy atom. The van der Waals surface area contributed by atoms with Gasteiger partial charge in [-0.05, 0) is 109 Å². The minimum atomic E-state index is -0.570. The van der Waals surface area contributed by atoms with Crippen molar-refractivity contribution < 1.29 is 15.0 Å². The van der Waals surface area contributed by atoms with E-state index in [4.69, 9.17) is 0 Å². The van der Waals surface area contributed by atoms with Crippen LogP contribution in [-0.4, -0.2) is 22.3 Å². The lowest BCUT2D eigenvalue weighted by Gasteiger charge is -2.67. The van der Waals surface area contributed by atoms with Crippen LogP contribution in [0.2, 0.25) is 0 Å². The molecular weight excluding hydrogens is 396 g/mol. The molecule has 0 amide bonds. The number of carboxylic acid groups (broad SMARTS) is 1. The van der Waals surface area contributed by atoms with Gasteiger partial charge in [0.2, 0.25) is 0 Å². The number of carboxylic acids is 1. The van der Waals surface area contributed by atoms with Gasteiger partial charge in [-0.1, -0.05) is 53.2 Å². The Labute approximate surface area is 195 Å². The zero-order chi connectivity index (χ0) is 23.3. The summed E-state index contributed by atoms with van der Waals surface area (Å²) >= 11 is 0. The monoisotopic (exact) mass is 442 g/mol. The Balaban J connectivity index is 1.56. The fourth-order valence-electron chi connectivity index (χ4n) is 10.4. The maximum atomic E-state index is 12.5. The van der Waals surface area contributed by atoms with Crippen molar-refractivity contribution in [2.45, 2.75) is 105 Å². The van der Waals surface area contributed by atoms with Crippen LogP contribution in [0.25, 0.3) is 0 Å². The van der Waals surface area contributed by atoms with Crippen molar-refractivity contribution in [3.63, 3.8) is 0 Å². The second kappa shape index (κ2) is 7.09. The normalized spacial score (nSPS) is 54.3. The summed E-state index contributed by atoms with van der Waals surface area (Å²) in [5, 5.41) is 21.1. The van der Waals surface area contributed by atoms with Crippen LogP contribution in [0.1, 0.15) is 99.3 Å². The Morgan fingerprint density at radius 3 is 2.34 bits per heavy atom. The average Bonchev–Trinajstić information content (AvgIpc) is 2.72. The Hall–Kier alpha value is -0.830. The molecule has 0 heterocycles. The van der Waals surface area contributed by atoms with Gasteiger partial charge in [0.05, 0.1) is 12.0 Å². The standard InChI is InChI=1S/C29H46O3/c1-17-11-13-27(4)15-16-28(5)18-9-10-21-26(2,3)22(30)12-14-29(21,6)19(18)7-8-20(28)24(27)23(17)25(31)32/h8,17-19,21-24,30H,7,9-16H2,1-6H3,(H,31,32). The molecule has 5 rings (SSSR count). The lowest BCUT2D eigenvalue weighted by molar-refractivity contribution is -0.174. The number of aliphatic carboxylic acids is 1. The quantitative estimate of drug-likeness (QED) is 0.444. The summed E-state index contributed by atoms with van der Waals surface area (Å²) in [6.07, 6.45) is 12.6. The zero-order valence-corrected chi connectivity index (χ0v) is 21.3. The molecule has 32 heavy (non-hydrogen) atoms. The average molecular weight is 443 g/mol. The fourth-order valence-corrected chi connectivity index (χ4v) is 10.4. The summed E-state index contributed by atoms with van der Waals surface area (Å²) in [4.78, 5) is 12.5. The summed E-state index contributed by atoms with van der Waals surface area (Å²) in [5.74, 6) is 1.57. The van der Waals surface area contributed by atoms with Crippen LogP contribution in [0.4, 0.5) is 0 Å². The number of carbonyl (C=O) groups is 1. The molecule has 10 unspecified atom stereocenters. The van der Waals surface area contributed by atoms with Crippen LogP contribution in [0, 0.1) is 57.2 Å². The van der Waals surface area contributed by atoms with Crippen molar-refractivity contribution in [2.75, 3.05) is 0 Å². The van der Waals surface area contributed by atoms with Crippen molar-refractivity contribution >= 4 is 5.97 Å². The first kappa shape index (κ1) is 22.9. The first-order chi connectivity index (χ1) is 14.9. The van der Waals surface area contributed by atoms with Crippen LogP contribution < -0.4 is 0 Å². The van der Waals surface area contributed by atoms with Gasteiger partial charge in [-0.15, -0.1) is 0 Å². The van der Waals surface area contributed by atoms with Gasteiger partial charge in [-0.2, -0.15) is 0 Å². The molecule has 10 atom stereocenters. The molecule has 0 saturated heterocycles. The summed E-state index contributed by atoms with van der Waals surface area (Å²) in [6, 6.07) is 0. The molecule has 0 aromatic heterocycles. The number of rotatable bonds is 1. The molecule has 0 aromatic carbocycles. The Morgan fingerprint density at radius 1 is 0.938 bits per heavy atom. The smallest absolute Gasteiger partial charge is 0.307 e. The molecule has 0 bridgehead atoms. The van der Waals surface area contributed by atoms with E-state index < -0.39 is 5.97 Å². The number of fused-ring (bicyclic) bond motifs is 7. The fraction of sp³-hybridized carbons (Fsp3) is 0.897. The molecule has 5 aliphatic rings. The summed E-state index contributed by atoms with van der Waals surface area (Å²) in [6.45, 7) is 14.2.